The lowest BCUT2D eigenvalue weighted by Gasteiger charge is -2.15. The van der Waals surface area contributed by atoms with Gasteiger partial charge in [0.1, 0.15) is 5.69 Å². The molecule has 0 aliphatic carbocycles. The van der Waals surface area contributed by atoms with E-state index in [2.05, 4.69) is 27.1 Å². The van der Waals surface area contributed by atoms with E-state index >= 15 is 0 Å². The molecular formula is C12H13NO5S. The van der Waals surface area contributed by atoms with Crippen molar-refractivity contribution in [3.05, 3.63) is 11.6 Å². The molecule has 0 bridgehead atoms. The Morgan fingerprint density at radius 3 is 2.21 bits per heavy atom. The molecule has 102 valence electrons. The molecule has 0 amide bonds. The summed E-state index contributed by atoms with van der Waals surface area (Å²) in [5.41, 5.74) is 0.330. The summed E-state index contributed by atoms with van der Waals surface area (Å²) in [6, 6.07) is 1.44. The molecule has 0 aliphatic heterocycles. The molecule has 0 radical (unpaired) electrons. The molecule has 0 fully saturated rings. The fraction of sp³-hybridized carbons (Fsp3) is 0.333. The number of rotatable bonds is 5. The van der Waals surface area contributed by atoms with Gasteiger partial charge in [0.2, 0.25) is 5.75 Å². The van der Waals surface area contributed by atoms with E-state index in [1.165, 1.54) is 34.5 Å². The van der Waals surface area contributed by atoms with E-state index in [4.69, 9.17) is 14.2 Å². The first-order valence-electron chi connectivity index (χ1n) is 5.13. The van der Waals surface area contributed by atoms with E-state index < -0.39 is 5.97 Å². The van der Waals surface area contributed by atoms with E-state index in [1.54, 1.807) is 0 Å². The predicted molar refractivity (Wildman–Crippen MR) is 72.1 cm³/mol. The Labute approximate surface area is 115 Å². The Kier molecular flexibility index (Phi) is 5.29. The predicted octanol–water partition coefficient (Wildman–Crippen LogP) is 2.23. The van der Waals surface area contributed by atoms with Crippen LogP contribution in [0.1, 0.15) is 10.4 Å². The van der Waals surface area contributed by atoms with Crippen molar-refractivity contribution < 1.29 is 23.7 Å². The lowest BCUT2D eigenvalue weighted by atomic mass is 10.1. The molecule has 0 unspecified atom stereocenters. The summed E-state index contributed by atoms with van der Waals surface area (Å²) in [5, 5.41) is 2.19. The van der Waals surface area contributed by atoms with E-state index in [1.807, 2.05) is 0 Å². The molecule has 0 spiro atoms. The largest absolute Gasteiger partial charge is 0.493 e. The van der Waals surface area contributed by atoms with E-state index in [9.17, 15) is 4.79 Å². The second-order valence-corrected chi connectivity index (χ2v) is 3.42. The molecule has 0 heterocycles. The quantitative estimate of drug-likeness (QED) is 0.469. The fourth-order valence-electron chi connectivity index (χ4n) is 1.56. The van der Waals surface area contributed by atoms with Gasteiger partial charge in [-0.15, -0.1) is 0 Å². The highest BCUT2D eigenvalue weighted by atomic mass is 32.1. The molecule has 6 nitrogen and oxygen atoms in total. The van der Waals surface area contributed by atoms with Crippen LogP contribution in [-0.4, -0.2) is 39.6 Å². The van der Waals surface area contributed by atoms with Crippen LogP contribution in [0.15, 0.2) is 11.1 Å². The van der Waals surface area contributed by atoms with Crippen LogP contribution in [-0.2, 0) is 4.74 Å². The third-order valence-corrected chi connectivity index (χ3v) is 2.46. The number of carbonyl (C=O) groups excluding carboxylic acids is 1. The smallest absolute Gasteiger partial charge is 0.340 e. The Morgan fingerprint density at radius 1 is 1.16 bits per heavy atom. The topological polar surface area (TPSA) is 66.4 Å². The number of nitrogens with zero attached hydrogens (tertiary/aromatic N) is 1. The minimum absolute atomic E-state index is 0.148. The van der Waals surface area contributed by atoms with Crippen molar-refractivity contribution in [3.8, 4) is 17.2 Å². The van der Waals surface area contributed by atoms with Gasteiger partial charge in [0, 0.05) is 6.07 Å². The van der Waals surface area contributed by atoms with Gasteiger partial charge in [0.25, 0.3) is 0 Å². The van der Waals surface area contributed by atoms with Crippen LogP contribution in [0.5, 0.6) is 17.2 Å². The number of isothiocyanates is 1. The zero-order chi connectivity index (χ0) is 14.4. The maximum atomic E-state index is 11.7. The third kappa shape index (κ3) is 2.83. The van der Waals surface area contributed by atoms with Crippen molar-refractivity contribution in [2.45, 2.75) is 0 Å². The molecule has 19 heavy (non-hydrogen) atoms. The molecule has 0 saturated carbocycles. The molecule has 0 saturated heterocycles. The number of thiocarbonyl (C=S) groups is 1. The van der Waals surface area contributed by atoms with E-state index in [-0.39, 0.29) is 17.0 Å². The first-order valence-corrected chi connectivity index (χ1v) is 5.54. The number of ether oxygens (including phenoxy) is 4. The summed E-state index contributed by atoms with van der Waals surface area (Å²) in [4.78, 5) is 15.6. The average Bonchev–Trinajstić information content (AvgIpc) is 2.45. The minimum atomic E-state index is -0.594. The normalized spacial score (nSPS) is 9.26. The second kappa shape index (κ2) is 6.72. The molecule has 7 heteroatoms. The van der Waals surface area contributed by atoms with Gasteiger partial charge in [-0.2, -0.15) is 4.99 Å². The number of methoxy groups -OCH3 is 4. The van der Waals surface area contributed by atoms with E-state index in [0.29, 0.717) is 11.5 Å². The number of hydrogen-bond acceptors (Lipinski definition) is 7. The van der Waals surface area contributed by atoms with Gasteiger partial charge in [0.15, 0.2) is 11.5 Å². The second-order valence-electron chi connectivity index (χ2n) is 3.24. The summed E-state index contributed by atoms with van der Waals surface area (Å²) in [5.74, 6) is 0.257. The van der Waals surface area contributed by atoms with Crippen LogP contribution in [0, 0.1) is 0 Å². The molecular weight excluding hydrogens is 270 g/mol. The number of carbonyl (C=O) groups is 1. The lowest BCUT2D eigenvalue weighted by Crippen LogP contribution is -2.05. The van der Waals surface area contributed by atoms with Crippen molar-refractivity contribution in [2.24, 2.45) is 4.99 Å². The summed E-state index contributed by atoms with van der Waals surface area (Å²) >= 11 is 4.57. The molecule has 1 aromatic rings. The van der Waals surface area contributed by atoms with Crippen molar-refractivity contribution in [1.82, 2.24) is 0 Å². The van der Waals surface area contributed by atoms with Gasteiger partial charge < -0.3 is 18.9 Å². The Bertz CT molecular complexity index is 537. The molecule has 0 aromatic heterocycles. The van der Waals surface area contributed by atoms with Crippen molar-refractivity contribution >= 4 is 29.0 Å². The Balaban J connectivity index is 3.72. The molecule has 1 rings (SSSR count). The number of aliphatic imine (C=N–C) groups is 1. The Morgan fingerprint density at radius 2 is 1.79 bits per heavy atom. The summed E-state index contributed by atoms with van der Waals surface area (Å²) < 4.78 is 20.2. The highest BCUT2D eigenvalue weighted by Gasteiger charge is 2.24. The minimum Gasteiger partial charge on any atom is -0.493 e. The Hall–Kier alpha value is -2.11. The van der Waals surface area contributed by atoms with Crippen molar-refractivity contribution in [2.75, 3.05) is 28.4 Å². The van der Waals surface area contributed by atoms with Gasteiger partial charge in [-0.05, 0) is 12.2 Å². The van der Waals surface area contributed by atoms with Crippen LogP contribution in [0.3, 0.4) is 0 Å². The maximum absolute atomic E-state index is 11.7. The zero-order valence-corrected chi connectivity index (χ0v) is 11.8. The molecule has 1 aromatic carbocycles. The van der Waals surface area contributed by atoms with Gasteiger partial charge in [-0.1, -0.05) is 0 Å². The van der Waals surface area contributed by atoms with Gasteiger partial charge >= 0.3 is 5.97 Å². The average molecular weight is 283 g/mol. The van der Waals surface area contributed by atoms with Crippen molar-refractivity contribution in [3.63, 3.8) is 0 Å². The molecule has 0 atom stereocenters. The first-order chi connectivity index (χ1) is 9.14. The van der Waals surface area contributed by atoms with Crippen LogP contribution in [0.4, 0.5) is 5.69 Å². The highest BCUT2D eigenvalue weighted by molar-refractivity contribution is 7.78. The standard InChI is InChI=1S/C12H13NO5S/c1-15-8-5-7(12(14)18-4)9(13-6-19)11(17-3)10(8)16-2/h5H,1-4H3. The maximum Gasteiger partial charge on any atom is 0.340 e. The monoisotopic (exact) mass is 283 g/mol. The highest BCUT2D eigenvalue weighted by Crippen LogP contribution is 2.46. The van der Waals surface area contributed by atoms with Crippen LogP contribution in [0.25, 0.3) is 0 Å². The number of hydrogen-bond donors (Lipinski definition) is 0. The fourth-order valence-corrected chi connectivity index (χ4v) is 1.65. The van der Waals surface area contributed by atoms with Crippen molar-refractivity contribution in [1.29, 1.82) is 0 Å². The molecule has 0 N–H and O–H groups in total. The summed E-state index contributed by atoms with van der Waals surface area (Å²) in [6.45, 7) is 0. The van der Waals surface area contributed by atoms with Gasteiger partial charge in [-0.25, -0.2) is 4.79 Å². The first kappa shape index (κ1) is 14.9. The third-order valence-electron chi connectivity index (χ3n) is 2.37. The number of benzene rings is 1. The SMILES string of the molecule is COC(=O)c1cc(OC)c(OC)c(OC)c1N=C=S. The van der Waals surface area contributed by atoms with Gasteiger partial charge in [0.05, 0.1) is 39.2 Å². The van der Waals surface area contributed by atoms with Crippen LogP contribution in [0.2, 0.25) is 0 Å². The van der Waals surface area contributed by atoms with Crippen LogP contribution < -0.4 is 14.2 Å². The number of esters is 1. The molecule has 0 aliphatic rings. The van der Waals surface area contributed by atoms with E-state index in [0.717, 1.165) is 0 Å². The lowest BCUT2D eigenvalue weighted by molar-refractivity contribution is 0.0601. The van der Waals surface area contributed by atoms with Gasteiger partial charge in [-0.3, -0.25) is 0 Å². The van der Waals surface area contributed by atoms with Crippen LogP contribution >= 0.6 is 12.2 Å². The summed E-state index contributed by atoms with van der Waals surface area (Å²) in [7, 11) is 5.57. The zero-order valence-electron chi connectivity index (χ0n) is 11.0. The summed E-state index contributed by atoms with van der Waals surface area (Å²) in [6.07, 6.45) is 0.